The summed E-state index contributed by atoms with van der Waals surface area (Å²) in [5, 5.41) is 10.5. The fourth-order valence-electron chi connectivity index (χ4n) is 4.38. The predicted octanol–water partition coefficient (Wildman–Crippen LogP) is 5.90. The Morgan fingerprint density at radius 3 is 1.81 bits per heavy atom. The molecule has 0 aliphatic rings. The van der Waals surface area contributed by atoms with Crippen molar-refractivity contribution in [2.45, 2.75) is 90.6 Å². The summed E-state index contributed by atoms with van der Waals surface area (Å²) in [5.41, 5.74) is 2.27. The molecule has 0 spiro atoms. The Hall–Kier alpha value is -0.973. The van der Waals surface area contributed by atoms with Crippen LogP contribution in [0.2, 0.25) is 16.6 Å². The fraction of sp³-hybridized carbons (Fsp3) is 0.682. The molecule has 0 aromatic heterocycles. The molecular weight excluding hydrogens is 340 g/mol. The van der Waals surface area contributed by atoms with E-state index in [1.807, 2.05) is 44.2 Å². The summed E-state index contributed by atoms with van der Waals surface area (Å²) in [7, 11) is -2.00. The monoisotopic (exact) mass is 378 g/mol. The maximum Gasteiger partial charge on any atom is 0.200 e. The van der Waals surface area contributed by atoms with Crippen LogP contribution < -0.4 is 0 Å². The van der Waals surface area contributed by atoms with Gasteiger partial charge in [-0.3, -0.25) is 4.79 Å². The zero-order valence-corrected chi connectivity index (χ0v) is 18.8. The lowest BCUT2D eigenvalue weighted by Gasteiger charge is -2.44. The molecular formula is C22H38O3Si. The second-order valence-corrected chi connectivity index (χ2v) is 14.0. The first-order chi connectivity index (χ1) is 12.0. The van der Waals surface area contributed by atoms with Gasteiger partial charge in [0.25, 0.3) is 0 Å². The standard InChI is InChI=1S/C22H38O3Si/c1-15(2)26(16(3)4,17(5)6)25-18(7)14-21(23)19(8)22(24)20-12-10-9-11-13-20/h9-13,15-19,22,24H,14H2,1-8H3/t18-,19+,22-/m0/s1. The van der Waals surface area contributed by atoms with E-state index in [4.69, 9.17) is 4.43 Å². The average Bonchev–Trinajstić information content (AvgIpc) is 2.57. The molecule has 0 amide bonds. The van der Waals surface area contributed by atoms with Gasteiger partial charge in [-0.15, -0.1) is 0 Å². The predicted molar refractivity (Wildman–Crippen MR) is 112 cm³/mol. The third kappa shape index (κ3) is 5.27. The SMILES string of the molecule is CC(C)[Si](O[C@@H](C)CC(=O)[C@@H](C)[C@H](O)c1ccccc1)(C(C)C)C(C)C. The Morgan fingerprint density at radius 1 is 0.923 bits per heavy atom. The molecule has 0 radical (unpaired) electrons. The van der Waals surface area contributed by atoms with Crippen molar-refractivity contribution in [1.29, 1.82) is 0 Å². The summed E-state index contributed by atoms with van der Waals surface area (Å²) in [5.74, 6) is -0.371. The van der Waals surface area contributed by atoms with Crippen LogP contribution in [0.15, 0.2) is 30.3 Å². The van der Waals surface area contributed by atoms with E-state index >= 15 is 0 Å². The molecule has 1 aromatic rings. The smallest absolute Gasteiger partial charge is 0.200 e. The Bertz CT molecular complexity index is 532. The molecule has 0 bridgehead atoms. The first-order valence-corrected chi connectivity index (χ1v) is 12.1. The molecule has 0 saturated carbocycles. The van der Waals surface area contributed by atoms with Gasteiger partial charge in [0, 0.05) is 18.4 Å². The van der Waals surface area contributed by atoms with Gasteiger partial charge >= 0.3 is 0 Å². The van der Waals surface area contributed by atoms with Crippen molar-refractivity contribution < 1.29 is 14.3 Å². The summed E-state index contributed by atoms with van der Waals surface area (Å²) in [6.45, 7) is 17.3. The number of hydrogen-bond acceptors (Lipinski definition) is 3. The number of ketones is 1. The molecule has 0 fully saturated rings. The Labute approximate surface area is 161 Å². The minimum Gasteiger partial charge on any atom is -0.413 e. The highest BCUT2D eigenvalue weighted by molar-refractivity contribution is 6.77. The van der Waals surface area contributed by atoms with Gasteiger partial charge < -0.3 is 9.53 Å². The Balaban J connectivity index is 2.82. The molecule has 4 heteroatoms. The number of carbonyl (C=O) groups excluding carboxylic acids is 1. The van der Waals surface area contributed by atoms with Gasteiger partial charge in [0.15, 0.2) is 0 Å². The molecule has 3 nitrogen and oxygen atoms in total. The molecule has 0 unspecified atom stereocenters. The van der Waals surface area contributed by atoms with E-state index in [0.717, 1.165) is 5.56 Å². The van der Waals surface area contributed by atoms with E-state index in [1.54, 1.807) is 0 Å². The minimum atomic E-state index is -2.00. The number of aliphatic hydroxyl groups is 1. The first kappa shape index (κ1) is 23.1. The lowest BCUT2D eigenvalue weighted by molar-refractivity contribution is -0.127. The first-order valence-electron chi connectivity index (χ1n) is 9.97. The molecule has 1 N–H and O–H groups in total. The van der Waals surface area contributed by atoms with Gasteiger partial charge in [-0.1, -0.05) is 78.8 Å². The normalized spacial score (nSPS) is 16.2. The molecule has 26 heavy (non-hydrogen) atoms. The van der Waals surface area contributed by atoms with E-state index in [-0.39, 0.29) is 11.9 Å². The largest absolute Gasteiger partial charge is 0.413 e. The van der Waals surface area contributed by atoms with Crippen LogP contribution in [0.25, 0.3) is 0 Å². The minimum absolute atomic E-state index is 0.0630. The zero-order valence-electron chi connectivity index (χ0n) is 17.8. The number of rotatable bonds is 10. The summed E-state index contributed by atoms with van der Waals surface area (Å²) >= 11 is 0. The van der Waals surface area contributed by atoms with Crippen LogP contribution >= 0.6 is 0 Å². The van der Waals surface area contributed by atoms with Gasteiger partial charge in [-0.05, 0) is 29.1 Å². The van der Waals surface area contributed by atoms with Crippen LogP contribution in [0.4, 0.5) is 0 Å². The number of Topliss-reactive ketones (excluding diaryl/α,β-unsaturated/α-hetero) is 1. The van der Waals surface area contributed by atoms with Crippen LogP contribution in [0.5, 0.6) is 0 Å². The van der Waals surface area contributed by atoms with Gasteiger partial charge in [-0.2, -0.15) is 0 Å². The number of benzene rings is 1. The Morgan fingerprint density at radius 2 is 1.38 bits per heavy atom. The molecule has 1 rings (SSSR count). The van der Waals surface area contributed by atoms with Crippen molar-refractivity contribution >= 4 is 14.1 Å². The van der Waals surface area contributed by atoms with E-state index in [9.17, 15) is 9.90 Å². The molecule has 0 saturated heterocycles. The quantitative estimate of drug-likeness (QED) is 0.516. The highest BCUT2D eigenvalue weighted by atomic mass is 28.4. The summed E-state index contributed by atoms with van der Waals surface area (Å²) in [6.07, 6.45) is -0.531. The average molecular weight is 379 g/mol. The lowest BCUT2D eigenvalue weighted by Crippen LogP contribution is -2.50. The highest BCUT2D eigenvalue weighted by Crippen LogP contribution is 2.43. The topological polar surface area (TPSA) is 46.5 Å². The summed E-state index contributed by atoms with van der Waals surface area (Å²) in [4.78, 5) is 12.7. The third-order valence-corrected chi connectivity index (χ3v) is 11.9. The summed E-state index contributed by atoms with van der Waals surface area (Å²) < 4.78 is 6.67. The summed E-state index contributed by atoms with van der Waals surface area (Å²) in [6, 6.07) is 9.41. The van der Waals surface area contributed by atoms with Crippen molar-refractivity contribution in [3.05, 3.63) is 35.9 Å². The molecule has 148 valence electrons. The number of hydrogen-bond donors (Lipinski definition) is 1. The molecule has 0 aliphatic carbocycles. The molecule has 1 aromatic carbocycles. The van der Waals surface area contributed by atoms with Crippen LogP contribution in [-0.4, -0.2) is 25.3 Å². The number of carbonyl (C=O) groups is 1. The van der Waals surface area contributed by atoms with Gasteiger partial charge in [0.2, 0.25) is 8.32 Å². The fourth-order valence-corrected chi connectivity index (χ4v) is 9.98. The molecule has 0 heterocycles. The highest BCUT2D eigenvalue weighted by Gasteiger charge is 2.46. The van der Waals surface area contributed by atoms with Crippen molar-refractivity contribution in [1.82, 2.24) is 0 Å². The van der Waals surface area contributed by atoms with Crippen LogP contribution in [0, 0.1) is 5.92 Å². The maximum atomic E-state index is 12.7. The number of aliphatic hydroxyl groups excluding tert-OH is 1. The van der Waals surface area contributed by atoms with E-state index < -0.39 is 20.3 Å². The van der Waals surface area contributed by atoms with Crippen molar-refractivity contribution in [2.75, 3.05) is 0 Å². The molecule has 3 atom stereocenters. The van der Waals surface area contributed by atoms with Crippen LogP contribution in [-0.2, 0) is 9.22 Å². The van der Waals surface area contributed by atoms with Crippen molar-refractivity contribution in [3.63, 3.8) is 0 Å². The van der Waals surface area contributed by atoms with Gasteiger partial charge in [0.05, 0.1) is 6.10 Å². The van der Waals surface area contributed by atoms with Crippen LogP contribution in [0.3, 0.4) is 0 Å². The van der Waals surface area contributed by atoms with Gasteiger partial charge in [0.1, 0.15) is 5.78 Å². The van der Waals surface area contributed by atoms with Crippen LogP contribution in [0.1, 0.15) is 73.5 Å². The Kier molecular flexibility index (Phi) is 8.71. The van der Waals surface area contributed by atoms with Crippen molar-refractivity contribution in [2.24, 2.45) is 5.92 Å². The second-order valence-electron chi connectivity index (χ2n) is 8.56. The molecule has 0 aliphatic heterocycles. The van der Waals surface area contributed by atoms with E-state index in [0.29, 0.717) is 23.0 Å². The van der Waals surface area contributed by atoms with E-state index in [1.165, 1.54) is 0 Å². The van der Waals surface area contributed by atoms with Crippen molar-refractivity contribution in [3.8, 4) is 0 Å². The maximum absolute atomic E-state index is 12.7. The third-order valence-electron chi connectivity index (χ3n) is 5.72. The van der Waals surface area contributed by atoms with Gasteiger partial charge in [-0.25, -0.2) is 0 Å². The second kappa shape index (κ2) is 9.82. The lowest BCUT2D eigenvalue weighted by atomic mass is 9.91. The zero-order chi connectivity index (χ0) is 20.1. The van der Waals surface area contributed by atoms with E-state index in [2.05, 4.69) is 41.5 Å².